The Bertz CT molecular complexity index is 813. The van der Waals surface area contributed by atoms with Gasteiger partial charge in [-0.05, 0) is 18.2 Å². The van der Waals surface area contributed by atoms with Gasteiger partial charge < -0.3 is 14.3 Å². The maximum Gasteiger partial charge on any atom is 0.265 e. The van der Waals surface area contributed by atoms with E-state index in [0.29, 0.717) is 31.1 Å². The summed E-state index contributed by atoms with van der Waals surface area (Å²) < 4.78 is 10.5. The Morgan fingerprint density at radius 2 is 1.92 bits per heavy atom. The molecule has 1 amide bonds. The van der Waals surface area contributed by atoms with Gasteiger partial charge in [-0.3, -0.25) is 19.4 Å². The van der Waals surface area contributed by atoms with Crippen LogP contribution in [-0.2, 0) is 15.1 Å². The van der Waals surface area contributed by atoms with Gasteiger partial charge in [0.2, 0.25) is 5.78 Å². The first-order valence-corrected chi connectivity index (χ1v) is 8.60. The number of ether oxygens (including phenoxy) is 1. The quantitative estimate of drug-likeness (QED) is 0.815. The van der Waals surface area contributed by atoms with Crippen molar-refractivity contribution in [3.8, 4) is 0 Å². The molecule has 1 saturated heterocycles. The number of hydrogen-bond donors (Lipinski definition) is 1. The third kappa shape index (κ3) is 2.84. The number of carbonyl (C=O) groups excluding carboxylic acids is 2. The van der Waals surface area contributed by atoms with Crippen molar-refractivity contribution in [2.24, 2.45) is 0 Å². The molecule has 1 fully saturated rings. The number of ketones is 1. The van der Waals surface area contributed by atoms with E-state index in [1.165, 1.54) is 12.3 Å². The second kappa shape index (κ2) is 6.68. The zero-order valence-electron chi connectivity index (χ0n) is 14.3. The number of furan rings is 1. The Kier molecular flexibility index (Phi) is 4.36. The molecule has 1 aromatic heterocycles. The van der Waals surface area contributed by atoms with Crippen LogP contribution in [-0.4, -0.2) is 54.7 Å². The first-order valence-electron chi connectivity index (χ1n) is 8.60. The summed E-state index contributed by atoms with van der Waals surface area (Å²) in [6.45, 7) is 3.03. The van der Waals surface area contributed by atoms with Crippen LogP contribution in [0.2, 0.25) is 0 Å². The fourth-order valence-corrected chi connectivity index (χ4v) is 3.52. The molecule has 4 rings (SSSR count). The fraction of sp³-hybridized carbons (Fsp3) is 0.368. The van der Waals surface area contributed by atoms with Gasteiger partial charge in [-0.15, -0.1) is 0 Å². The predicted molar refractivity (Wildman–Crippen MR) is 92.7 cm³/mol. The van der Waals surface area contributed by atoms with Crippen molar-refractivity contribution >= 4 is 17.4 Å². The van der Waals surface area contributed by atoms with Crippen molar-refractivity contribution in [2.75, 3.05) is 37.9 Å². The zero-order valence-corrected chi connectivity index (χ0v) is 14.3. The van der Waals surface area contributed by atoms with Gasteiger partial charge in [0.1, 0.15) is 0 Å². The van der Waals surface area contributed by atoms with Crippen molar-refractivity contribution in [3.63, 3.8) is 0 Å². The van der Waals surface area contributed by atoms with Crippen LogP contribution in [0.3, 0.4) is 0 Å². The molecule has 0 radical (unpaired) electrons. The van der Waals surface area contributed by atoms with Crippen LogP contribution in [0.5, 0.6) is 0 Å². The van der Waals surface area contributed by atoms with E-state index in [4.69, 9.17) is 9.15 Å². The summed E-state index contributed by atoms with van der Waals surface area (Å²) >= 11 is 0. The molecule has 2 aliphatic rings. The minimum atomic E-state index is -1.88. The molecule has 0 bridgehead atoms. The number of nitrogens with zero attached hydrogens (tertiary/aromatic N) is 2. The Hall–Kier alpha value is -2.48. The van der Waals surface area contributed by atoms with E-state index in [0.717, 1.165) is 13.1 Å². The molecule has 2 aromatic rings. The third-order valence-corrected chi connectivity index (χ3v) is 4.90. The number of carbonyl (C=O) groups is 2. The van der Waals surface area contributed by atoms with Gasteiger partial charge in [0, 0.05) is 18.7 Å². The van der Waals surface area contributed by atoms with Crippen LogP contribution in [0, 0.1) is 0 Å². The average Bonchev–Trinajstić information content (AvgIpc) is 3.26. The molecule has 136 valence electrons. The Balaban J connectivity index is 1.63. The van der Waals surface area contributed by atoms with E-state index in [9.17, 15) is 14.7 Å². The summed E-state index contributed by atoms with van der Waals surface area (Å²) in [6, 6.07) is 10.2. The van der Waals surface area contributed by atoms with Crippen LogP contribution >= 0.6 is 0 Å². The third-order valence-electron chi connectivity index (χ3n) is 4.90. The fourth-order valence-electron chi connectivity index (χ4n) is 3.52. The second-order valence-electron chi connectivity index (χ2n) is 6.56. The molecule has 1 aromatic carbocycles. The number of para-hydroxylation sites is 1. The van der Waals surface area contributed by atoms with E-state index in [1.807, 2.05) is 6.07 Å². The normalized spacial score (nSPS) is 23.3. The van der Waals surface area contributed by atoms with E-state index < -0.39 is 17.3 Å². The summed E-state index contributed by atoms with van der Waals surface area (Å²) in [5.41, 5.74) is -0.788. The van der Waals surface area contributed by atoms with Crippen LogP contribution in [0.4, 0.5) is 5.69 Å². The Morgan fingerprint density at radius 3 is 2.65 bits per heavy atom. The summed E-state index contributed by atoms with van der Waals surface area (Å²) in [4.78, 5) is 29.2. The number of anilines is 1. The molecule has 3 heterocycles. The number of hydrogen-bond acceptors (Lipinski definition) is 6. The molecular weight excluding hydrogens is 336 g/mol. The van der Waals surface area contributed by atoms with Gasteiger partial charge in [0.15, 0.2) is 11.4 Å². The number of amides is 1. The Labute approximate surface area is 150 Å². The van der Waals surface area contributed by atoms with Gasteiger partial charge in [-0.1, -0.05) is 18.2 Å². The highest BCUT2D eigenvalue weighted by molar-refractivity contribution is 6.10. The first kappa shape index (κ1) is 17.0. The van der Waals surface area contributed by atoms with Crippen LogP contribution in [0.1, 0.15) is 22.5 Å². The molecule has 0 unspecified atom stereocenters. The topological polar surface area (TPSA) is 83.2 Å². The average molecular weight is 356 g/mol. The van der Waals surface area contributed by atoms with Crippen molar-refractivity contribution in [1.29, 1.82) is 0 Å². The summed E-state index contributed by atoms with van der Waals surface area (Å²) in [5, 5.41) is 11.2. The highest BCUT2D eigenvalue weighted by atomic mass is 16.5. The standard InChI is InChI=1S/C19H20N2O5/c22-16(17-6-3-9-26-17)12-19(24)14-4-1-2-5-15(14)21(18(19)23)13-20-7-10-25-11-8-20/h1-6,9,24H,7-8,10-13H2/t19-/m1/s1. The number of morpholine rings is 1. The summed E-state index contributed by atoms with van der Waals surface area (Å²) in [5.74, 6) is -0.755. The van der Waals surface area contributed by atoms with Crippen LogP contribution < -0.4 is 4.90 Å². The molecule has 0 spiro atoms. The van der Waals surface area contributed by atoms with E-state index in [-0.39, 0.29) is 12.2 Å². The lowest BCUT2D eigenvalue weighted by molar-refractivity contribution is -0.136. The lowest BCUT2D eigenvalue weighted by Gasteiger charge is -2.31. The largest absolute Gasteiger partial charge is 0.461 e. The lowest BCUT2D eigenvalue weighted by Crippen LogP contribution is -2.49. The summed E-state index contributed by atoms with van der Waals surface area (Å²) in [7, 11) is 0. The number of aliphatic hydroxyl groups is 1. The first-order chi connectivity index (χ1) is 12.6. The van der Waals surface area contributed by atoms with Crippen LogP contribution in [0.25, 0.3) is 0 Å². The second-order valence-corrected chi connectivity index (χ2v) is 6.56. The van der Waals surface area contributed by atoms with E-state index in [2.05, 4.69) is 4.90 Å². The SMILES string of the molecule is O=C(C[C@]1(O)C(=O)N(CN2CCOCC2)c2ccccc21)c1ccco1. The number of rotatable bonds is 5. The molecule has 1 atom stereocenters. The minimum absolute atomic E-state index is 0.135. The molecule has 7 heteroatoms. The zero-order chi connectivity index (χ0) is 18.1. The molecule has 7 nitrogen and oxygen atoms in total. The Morgan fingerprint density at radius 1 is 1.15 bits per heavy atom. The molecule has 0 saturated carbocycles. The molecular formula is C19H20N2O5. The van der Waals surface area contributed by atoms with Gasteiger partial charge in [-0.2, -0.15) is 0 Å². The van der Waals surface area contributed by atoms with Crippen molar-refractivity contribution < 1.29 is 23.8 Å². The molecule has 2 aliphatic heterocycles. The van der Waals surface area contributed by atoms with Gasteiger partial charge >= 0.3 is 0 Å². The lowest BCUT2D eigenvalue weighted by atomic mass is 9.89. The molecule has 0 aliphatic carbocycles. The summed E-state index contributed by atoms with van der Waals surface area (Å²) in [6.07, 6.45) is 1.04. The van der Waals surface area contributed by atoms with E-state index in [1.54, 1.807) is 29.2 Å². The molecule has 26 heavy (non-hydrogen) atoms. The van der Waals surface area contributed by atoms with Gasteiger partial charge in [0.05, 0.1) is 38.3 Å². The van der Waals surface area contributed by atoms with Crippen molar-refractivity contribution in [2.45, 2.75) is 12.0 Å². The van der Waals surface area contributed by atoms with Crippen molar-refractivity contribution in [3.05, 3.63) is 54.0 Å². The van der Waals surface area contributed by atoms with Crippen molar-refractivity contribution in [1.82, 2.24) is 4.90 Å². The maximum atomic E-state index is 13.1. The maximum absolute atomic E-state index is 13.1. The van der Waals surface area contributed by atoms with E-state index >= 15 is 0 Å². The number of Topliss-reactive ketones (excluding diaryl/α,β-unsaturated/α-hetero) is 1. The minimum Gasteiger partial charge on any atom is -0.461 e. The monoisotopic (exact) mass is 356 g/mol. The smallest absolute Gasteiger partial charge is 0.265 e. The highest BCUT2D eigenvalue weighted by Gasteiger charge is 2.51. The number of fused-ring (bicyclic) bond motifs is 1. The number of benzene rings is 1. The highest BCUT2D eigenvalue weighted by Crippen LogP contribution is 2.42. The predicted octanol–water partition coefficient (Wildman–Crippen LogP) is 1.38. The molecule has 1 N–H and O–H groups in total. The van der Waals surface area contributed by atoms with Gasteiger partial charge in [0.25, 0.3) is 5.91 Å². The van der Waals surface area contributed by atoms with Gasteiger partial charge in [-0.25, -0.2) is 0 Å². The van der Waals surface area contributed by atoms with Crippen LogP contribution in [0.15, 0.2) is 47.1 Å².